The maximum atomic E-state index is 15.2. The van der Waals surface area contributed by atoms with Crippen LogP contribution in [0.25, 0.3) is 0 Å². The molecule has 0 fully saturated rings. The molecule has 1 unspecified atom stereocenters. The first-order valence-electron chi connectivity index (χ1n) is 14.2. The van der Waals surface area contributed by atoms with Crippen LogP contribution in [0.3, 0.4) is 0 Å². The maximum absolute atomic E-state index is 15.2. The van der Waals surface area contributed by atoms with Gasteiger partial charge in [-0.25, -0.2) is 13.6 Å². The van der Waals surface area contributed by atoms with Crippen LogP contribution >= 0.6 is 0 Å². The predicted molar refractivity (Wildman–Crippen MR) is 166 cm³/mol. The molecule has 4 aromatic carbocycles. The molecule has 4 rings (SSSR count). The fourth-order valence-electron chi connectivity index (χ4n) is 4.31. The Balaban J connectivity index is 1.35. The highest BCUT2D eigenvalue weighted by atomic mass is 19.1. The number of hydrogen-bond acceptors (Lipinski definition) is 7. The van der Waals surface area contributed by atoms with Gasteiger partial charge in [-0.2, -0.15) is 0 Å². The summed E-state index contributed by atoms with van der Waals surface area (Å²) in [4.78, 5) is 36.4. The maximum Gasteiger partial charge on any atom is 0.413 e. The van der Waals surface area contributed by atoms with Gasteiger partial charge in [-0.05, 0) is 30.2 Å². The molecular formula is C34H32F2N4O6. The number of ether oxygens (including phenoxy) is 3. The first-order valence-corrected chi connectivity index (χ1v) is 14.2. The summed E-state index contributed by atoms with van der Waals surface area (Å²) >= 11 is 0. The minimum Gasteiger partial charge on any atom is -0.457 e. The van der Waals surface area contributed by atoms with Gasteiger partial charge in [0.15, 0.2) is 6.10 Å². The molecule has 0 radical (unpaired) electrons. The van der Waals surface area contributed by atoms with Crippen LogP contribution in [-0.4, -0.2) is 30.4 Å². The van der Waals surface area contributed by atoms with E-state index in [-0.39, 0.29) is 43.0 Å². The number of amidine groups is 1. The van der Waals surface area contributed by atoms with E-state index in [0.29, 0.717) is 16.8 Å². The zero-order chi connectivity index (χ0) is 33.1. The Morgan fingerprint density at radius 2 is 1.54 bits per heavy atom. The molecule has 3 amide bonds. The van der Waals surface area contributed by atoms with Gasteiger partial charge < -0.3 is 24.8 Å². The first-order chi connectivity index (χ1) is 22.1. The number of nitrogens with one attached hydrogen (secondary N) is 4. The van der Waals surface area contributed by atoms with E-state index in [2.05, 4.69) is 16.0 Å². The Labute approximate surface area is 264 Å². The summed E-state index contributed by atoms with van der Waals surface area (Å²) < 4.78 is 46.6. The molecule has 0 saturated heterocycles. The van der Waals surface area contributed by atoms with Gasteiger partial charge in [0.2, 0.25) is 5.91 Å². The van der Waals surface area contributed by atoms with Gasteiger partial charge in [0, 0.05) is 49.5 Å². The Morgan fingerprint density at radius 1 is 0.848 bits per heavy atom. The van der Waals surface area contributed by atoms with Crippen LogP contribution in [0.2, 0.25) is 0 Å². The Morgan fingerprint density at radius 3 is 2.20 bits per heavy atom. The lowest BCUT2D eigenvalue weighted by molar-refractivity contribution is -0.133. The van der Waals surface area contributed by atoms with Gasteiger partial charge >= 0.3 is 6.09 Å². The summed E-state index contributed by atoms with van der Waals surface area (Å²) in [5.74, 6) is -3.24. The molecule has 4 N–H and O–H groups in total. The predicted octanol–water partition coefficient (Wildman–Crippen LogP) is 6.36. The van der Waals surface area contributed by atoms with E-state index >= 15 is 8.78 Å². The smallest absolute Gasteiger partial charge is 0.413 e. The molecule has 0 aliphatic heterocycles. The second kappa shape index (κ2) is 15.9. The molecular weight excluding hydrogens is 598 g/mol. The molecule has 0 heterocycles. The molecule has 10 nitrogen and oxygen atoms in total. The number of anilines is 1. The number of rotatable bonds is 12. The molecule has 1 atom stereocenters. The van der Waals surface area contributed by atoms with Crippen molar-refractivity contribution < 1.29 is 37.4 Å². The molecule has 0 aromatic heterocycles. The number of carbonyl (C=O) groups is 3. The molecule has 0 aliphatic rings. The molecule has 0 spiro atoms. The molecule has 12 heteroatoms. The summed E-state index contributed by atoms with van der Waals surface area (Å²) in [5.41, 5.74) is 1.69. The SMILES string of the molecule is CCOC(C(=O)NCc1ccc(C(=N)NC(=O)OCc2ccccc2)cc1)c1c(F)cc(Oc2cccc(NC(C)=O)c2)cc1F. The lowest BCUT2D eigenvalue weighted by Crippen LogP contribution is -2.32. The highest BCUT2D eigenvalue weighted by Crippen LogP contribution is 2.31. The zero-order valence-corrected chi connectivity index (χ0v) is 25.1. The number of amides is 3. The summed E-state index contributed by atoms with van der Waals surface area (Å²) in [6.45, 7) is 3.00. The quantitative estimate of drug-likeness (QED) is 0.106. The average Bonchev–Trinajstić information content (AvgIpc) is 3.02. The lowest BCUT2D eigenvalue weighted by atomic mass is 10.1. The van der Waals surface area contributed by atoms with Crippen LogP contribution < -0.4 is 20.7 Å². The van der Waals surface area contributed by atoms with E-state index in [0.717, 1.165) is 17.7 Å². The van der Waals surface area contributed by atoms with Crippen molar-refractivity contribution in [3.8, 4) is 11.5 Å². The number of benzene rings is 4. The van der Waals surface area contributed by atoms with Crippen molar-refractivity contribution in [3.05, 3.63) is 125 Å². The van der Waals surface area contributed by atoms with Gasteiger partial charge in [0.1, 0.15) is 35.6 Å². The van der Waals surface area contributed by atoms with Crippen LogP contribution in [-0.2, 0) is 32.2 Å². The number of alkyl carbamates (subject to hydrolysis) is 1. The van der Waals surface area contributed by atoms with Crippen LogP contribution in [0.4, 0.5) is 19.3 Å². The van der Waals surface area contributed by atoms with Crippen LogP contribution in [0.5, 0.6) is 11.5 Å². The highest BCUT2D eigenvalue weighted by molar-refractivity contribution is 6.04. The third kappa shape index (κ3) is 9.44. The van der Waals surface area contributed by atoms with E-state index in [1.54, 1.807) is 49.4 Å². The molecule has 0 saturated carbocycles. The summed E-state index contributed by atoms with van der Waals surface area (Å²) in [6, 6.07) is 23.7. The Bertz CT molecular complexity index is 1680. The van der Waals surface area contributed by atoms with Crippen LogP contribution in [0.1, 0.15) is 42.2 Å². The fraction of sp³-hybridized carbons (Fsp3) is 0.176. The standard InChI is InChI=1S/C34H32F2N4O6/c1-3-44-31(30-28(35)17-27(18-29(30)36)46-26-11-7-10-25(16-26)39-21(2)41)33(42)38-19-22-12-14-24(15-13-22)32(37)40-34(43)45-20-23-8-5-4-6-9-23/h4-18,31H,3,19-20H2,1-2H3,(H,38,42)(H,39,41)(H2,37,40,43). The third-order valence-electron chi connectivity index (χ3n) is 6.43. The Hall–Kier alpha value is -5.62. The second-order valence-electron chi connectivity index (χ2n) is 9.92. The zero-order valence-electron chi connectivity index (χ0n) is 25.1. The highest BCUT2D eigenvalue weighted by Gasteiger charge is 2.28. The monoisotopic (exact) mass is 630 g/mol. The molecule has 0 bridgehead atoms. The lowest BCUT2D eigenvalue weighted by Gasteiger charge is -2.19. The first kappa shape index (κ1) is 33.3. The summed E-state index contributed by atoms with van der Waals surface area (Å²) in [7, 11) is 0. The second-order valence-corrected chi connectivity index (χ2v) is 9.92. The van der Waals surface area contributed by atoms with Crippen molar-refractivity contribution in [2.45, 2.75) is 33.1 Å². The molecule has 46 heavy (non-hydrogen) atoms. The number of halogens is 2. The number of carbonyl (C=O) groups excluding carboxylic acids is 3. The topological polar surface area (TPSA) is 139 Å². The van der Waals surface area contributed by atoms with Crippen molar-refractivity contribution >= 4 is 29.4 Å². The van der Waals surface area contributed by atoms with Crippen LogP contribution in [0, 0.1) is 17.0 Å². The molecule has 238 valence electrons. The number of hydrogen-bond donors (Lipinski definition) is 4. The minimum absolute atomic E-state index is 0.00234. The largest absolute Gasteiger partial charge is 0.457 e. The fourth-order valence-corrected chi connectivity index (χ4v) is 4.31. The van der Waals surface area contributed by atoms with Crippen LogP contribution in [0.15, 0.2) is 91.0 Å². The molecule has 0 aliphatic carbocycles. The van der Waals surface area contributed by atoms with Gasteiger partial charge in [0.05, 0.1) is 5.56 Å². The summed E-state index contributed by atoms with van der Waals surface area (Å²) in [5, 5.41) is 15.7. The van der Waals surface area contributed by atoms with E-state index in [4.69, 9.17) is 19.6 Å². The van der Waals surface area contributed by atoms with Crippen molar-refractivity contribution in [2.24, 2.45) is 0 Å². The van der Waals surface area contributed by atoms with Crippen molar-refractivity contribution in [2.75, 3.05) is 11.9 Å². The molecule has 4 aromatic rings. The van der Waals surface area contributed by atoms with Crippen molar-refractivity contribution in [1.82, 2.24) is 10.6 Å². The van der Waals surface area contributed by atoms with Gasteiger partial charge in [-0.15, -0.1) is 0 Å². The average molecular weight is 631 g/mol. The van der Waals surface area contributed by atoms with Crippen molar-refractivity contribution in [3.63, 3.8) is 0 Å². The normalized spacial score (nSPS) is 11.2. The van der Waals surface area contributed by atoms with Gasteiger partial charge in [0.25, 0.3) is 5.91 Å². The van der Waals surface area contributed by atoms with E-state index in [9.17, 15) is 14.4 Å². The van der Waals surface area contributed by atoms with Gasteiger partial charge in [-0.1, -0.05) is 60.7 Å². The Kier molecular flexibility index (Phi) is 11.5. The van der Waals surface area contributed by atoms with E-state index < -0.39 is 35.3 Å². The van der Waals surface area contributed by atoms with Gasteiger partial charge in [-0.3, -0.25) is 20.3 Å². The van der Waals surface area contributed by atoms with E-state index in [1.165, 1.54) is 13.0 Å². The van der Waals surface area contributed by atoms with Crippen molar-refractivity contribution in [1.29, 1.82) is 5.41 Å². The minimum atomic E-state index is -1.58. The summed E-state index contributed by atoms with van der Waals surface area (Å²) in [6.07, 6.45) is -2.36. The third-order valence-corrected chi connectivity index (χ3v) is 6.43. The van der Waals surface area contributed by atoms with E-state index in [1.807, 2.05) is 30.3 Å².